The molecule has 0 bridgehead atoms. The molecule has 0 aliphatic carbocycles. The lowest BCUT2D eigenvalue weighted by Gasteiger charge is -2.13. The molecule has 0 amide bonds. The van der Waals surface area contributed by atoms with Gasteiger partial charge in [-0.05, 0) is 19.1 Å². The second-order valence-electron chi connectivity index (χ2n) is 3.88. The lowest BCUT2D eigenvalue weighted by molar-refractivity contribution is -0.0810. The second-order valence-corrected chi connectivity index (χ2v) is 3.88. The number of nitrogens with zero attached hydrogens (tertiary/aromatic N) is 1. The molecule has 7 nitrogen and oxygen atoms in total. The van der Waals surface area contributed by atoms with Crippen LogP contribution in [0.3, 0.4) is 0 Å². The number of esters is 1. The van der Waals surface area contributed by atoms with Gasteiger partial charge in [-0.1, -0.05) is 6.07 Å². The summed E-state index contributed by atoms with van der Waals surface area (Å²) < 4.78 is 14.3. The minimum Gasteiger partial charge on any atom is -0.435 e. The van der Waals surface area contributed by atoms with Crippen LogP contribution in [0, 0.1) is 0 Å². The smallest absolute Gasteiger partial charge is 0.435 e. The van der Waals surface area contributed by atoms with E-state index in [4.69, 9.17) is 9.47 Å². The molecule has 1 N–H and O–H groups in total. The summed E-state index contributed by atoms with van der Waals surface area (Å²) in [7, 11) is 0. The predicted octanol–water partition coefficient (Wildman–Crippen LogP) is 2.24. The van der Waals surface area contributed by atoms with Crippen molar-refractivity contribution < 1.29 is 23.8 Å². The fourth-order valence-electron chi connectivity index (χ4n) is 1.66. The number of ether oxygens (including phenoxy) is 3. The highest BCUT2D eigenvalue weighted by Crippen LogP contribution is 2.16. The first-order valence-corrected chi connectivity index (χ1v) is 6.08. The van der Waals surface area contributed by atoms with Crippen LogP contribution in [0.15, 0.2) is 24.5 Å². The van der Waals surface area contributed by atoms with E-state index >= 15 is 0 Å². The van der Waals surface area contributed by atoms with Gasteiger partial charge in [0, 0.05) is 6.92 Å². The Hall–Kier alpha value is -2.57. The number of rotatable bonds is 4. The first kappa shape index (κ1) is 13.9. The molecule has 1 atom stereocenters. The van der Waals surface area contributed by atoms with Crippen LogP contribution in [0.4, 0.5) is 4.79 Å². The number of para-hydroxylation sites is 1. The molecule has 20 heavy (non-hydrogen) atoms. The Kier molecular flexibility index (Phi) is 4.19. The Balaban J connectivity index is 2.05. The highest BCUT2D eigenvalue weighted by molar-refractivity contribution is 6.01. The third-order valence-electron chi connectivity index (χ3n) is 2.47. The monoisotopic (exact) mass is 278 g/mol. The zero-order chi connectivity index (χ0) is 14.5. The lowest BCUT2D eigenvalue weighted by atomic mass is 10.2. The highest BCUT2D eigenvalue weighted by Gasteiger charge is 2.18. The first-order valence-electron chi connectivity index (χ1n) is 6.08. The number of aromatic nitrogens is 2. The van der Waals surface area contributed by atoms with Crippen molar-refractivity contribution in [1.82, 2.24) is 9.97 Å². The van der Waals surface area contributed by atoms with Crippen molar-refractivity contribution in [2.75, 3.05) is 6.61 Å². The molecule has 2 rings (SSSR count). The largest absolute Gasteiger partial charge is 0.511 e. The molecule has 1 aromatic heterocycles. The minimum atomic E-state index is -1.05. The van der Waals surface area contributed by atoms with E-state index in [1.807, 2.05) is 0 Å². The molecule has 7 heteroatoms. The van der Waals surface area contributed by atoms with E-state index < -0.39 is 18.4 Å². The fraction of sp³-hybridized carbons (Fsp3) is 0.308. The van der Waals surface area contributed by atoms with Gasteiger partial charge < -0.3 is 19.2 Å². The van der Waals surface area contributed by atoms with Gasteiger partial charge in [0.15, 0.2) is 0 Å². The van der Waals surface area contributed by atoms with Gasteiger partial charge in [-0.15, -0.1) is 0 Å². The zero-order valence-corrected chi connectivity index (χ0v) is 11.1. The summed E-state index contributed by atoms with van der Waals surface area (Å²) in [6.07, 6.45) is -0.443. The molecule has 1 unspecified atom stereocenters. The zero-order valence-electron chi connectivity index (χ0n) is 11.1. The molecule has 1 aromatic carbocycles. The number of fused-ring (bicyclic) bond motifs is 1. The number of imidazole rings is 1. The van der Waals surface area contributed by atoms with E-state index in [2.05, 4.69) is 14.7 Å². The van der Waals surface area contributed by atoms with Crippen molar-refractivity contribution >= 4 is 23.2 Å². The van der Waals surface area contributed by atoms with Crippen LogP contribution in [0.25, 0.3) is 11.0 Å². The molecule has 2 aromatic rings. The maximum atomic E-state index is 12.0. The van der Waals surface area contributed by atoms with Crippen LogP contribution in [0.2, 0.25) is 0 Å². The first-order chi connectivity index (χ1) is 9.61. The second kappa shape index (κ2) is 6.05. The molecule has 0 saturated carbocycles. The van der Waals surface area contributed by atoms with Gasteiger partial charge in [0.25, 0.3) is 0 Å². The quantitative estimate of drug-likeness (QED) is 0.681. The van der Waals surface area contributed by atoms with Crippen molar-refractivity contribution in [3.05, 3.63) is 30.1 Å². The molecular formula is C13H14N2O5. The van der Waals surface area contributed by atoms with Gasteiger partial charge in [0.2, 0.25) is 6.29 Å². The van der Waals surface area contributed by atoms with Gasteiger partial charge in [-0.25, -0.2) is 14.6 Å². The number of benzene rings is 1. The number of hydrogen-bond donors (Lipinski definition) is 1. The SMILES string of the molecule is CCOC(=O)OC(C)OC(=O)c1cccc2[nH]cnc12. The fourth-order valence-corrected chi connectivity index (χ4v) is 1.66. The Labute approximate surface area is 114 Å². The normalized spacial score (nSPS) is 11.9. The number of nitrogens with one attached hydrogen (secondary N) is 1. The highest BCUT2D eigenvalue weighted by atomic mass is 16.8. The maximum absolute atomic E-state index is 12.0. The standard InChI is InChI=1S/C13H14N2O5/c1-3-18-13(17)20-8(2)19-12(16)9-5-4-6-10-11(9)15-7-14-10/h4-8H,3H2,1-2H3,(H,14,15). The molecular weight excluding hydrogens is 264 g/mol. The summed E-state index contributed by atoms with van der Waals surface area (Å²) in [5.74, 6) is -0.625. The van der Waals surface area contributed by atoms with E-state index in [1.54, 1.807) is 25.1 Å². The summed E-state index contributed by atoms with van der Waals surface area (Å²) in [5, 5.41) is 0. The Bertz CT molecular complexity index is 622. The summed E-state index contributed by atoms with van der Waals surface area (Å²) in [6.45, 7) is 3.27. The van der Waals surface area contributed by atoms with Crippen molar-refractivity contribution in [3.63, 3.8) is 0 Å². The predicted molar refractivity (Wildman–Crippen MR) is 69.1 cm³/mol. The van der Waals surface area contributed by atoms with Gasteiger partial charge in [-0.2, -0.15) is 0 Å². The Morgan fingerprint density at radius 1 is 1.35 bits per heavy atom. The molecule has 0 fully saturated rings. The van der Waals surface area contributed by atoms with E-state index in [0.29, 0.717) is 11.1 Å². The Morgan fingerprint density at radius 3 is 2.90 bits per heavy atom. The third-order valence-corrected chi connectivity index (χ3v) is 2.47. The maximum Gasteiger partial charge on any atom is 0.511 e. The average molecular weight is 278 g/mol. The van der Waals surface area contributed by atoms with Crippen LogP contribution in [0.5, 0.6) is 0 Å². The summed E-state index contributed by atoms with van der Waals surface area (Å²) in [6, 6.07) is 5.08. The number of H-pyrrole nitrogens is 1. The van der Waals surface area contributed by atoms with Gasteiger partial charge in [0.1, 0.15) is 5.52 Å². The van der Waals surface area contributed by atoms with Crippen molar-refractivity contribution in [2.24, 2.45) is 0 Å². The minimum absolute atomic E-state index is 0.187. The van der Waals surface area contributed by atoms with E-state index in [1.165, 1.54) is 13.3 Å². The molecule has 106 valence electrons. The number of hydrogen-bond acceptors (Lipinski definition) is 6. The van der Waals surface area contributed by atoms with E-state index in [0.717, 1.165) is 5.52 Å². The molecule has 1 heterocycles. The van der Waals surface area contributed by atoms with E-state index in [9.17, 15) is 9.59 Å². The Morgan fingerprint density at radius 2 is 2.15 bits per heavy atom. The number of carbonyl (C=O) groups is 2. The van der Waals surface area contributed by atoms with Crippen molar-refractivity contribution in [3.8, 4) is 0 Å². The van der Waals surface area contributed by atoms with Crippen LogP contribution in [-0.4, -0.2) is 35.0 Å². The van der Waals surface area contributed by atoms with Crippen LogP contribution >= 0.6 is 0 Å². The van der Waals surface area contributed by atoms with Gasteiger partial charge in [-0.3, -0.25) is 0 Å². The molecule has 0 aliphatic rings. The topological polar surface area (TPSA) is 90.5 Å². The lowest BCUT2D eigenvalue weighted by Crippen LogP contribution is -2.22. The number of carbonyl (C=O) groups excluding carboxylic acids is 2. The number of aromatic amines is 1. The average Bonchev–Trinajstić information content (AvgIpc) is 2.86. The summed E-state index contributed by atoms with van der Waals surface area (Å²) >= 11 is 0. The van der Waals surface area contributed by atoms with Gasteiger partial charge >= 0.3 is 12.1 Å². The van der Waals surface area contributed by atoms with Crippen molar-refractivity contribution in [2.45, 2.75) is 20.1 Å². The van der Waals surface area contributed by atoms with Crippen molar-refractivity contribution in [1.29, 1.82) is 0 Å². The van der Waals surface area contributed by atoms with Crippen LogP contribution in [0.1, 0.15) is 24.2 Å². The van der Waals surface area contributed by atoms with Crippen LogP contribution < -0.4 is 0 Å². The summed E-state index contributed by atoms with van der Waals surface area (Å²) in [5.41, 5.74) is 1.52. The third kappa shape index (κ3) is 3.05. The molecule has 0 radical (unpaired) electrons. The van der Waals surface area contributed by atoms with E-state index in [-0.39, 0.29) is 6.61 Å². The summed E-state index contributed by atoms with van der Waals surface area (Å²) in [4.78, 5) is 30.0. The molecule has 0 saturated heterocycles. The van der Waals surface area contributed by atoms with Gasteiger partial charge in [0.05, 0.1) is 24.0 Å². The van der Waals surface area contributed by atoms with Crippen LogP contribution in [-0.2, 0) is 14.2 Å². The molecule has 0 spiro atoms. The molecule has 0 aliphatic heterocycles.